The highest BCUT2D eigenvalue weighted by Gasteiger charge is 2.09. The number of imidazole rings is 1. The summed E-state index contributed by atoms with van der Waals surface area (Å²) in [6.45, 7) is 1.59. The van der Waals surface area contributed by atoms with Gasteiger partial charge < -0.3 is 4.74 Å². The Hall–Kier alpha value is -2.21. The standard InChI is InChI=1S/C14H11FN2O2S/c1-9(18)12-3-2-11(6-13(12)15)19-8-10-7-17-4-5-20-14(17)16-10/h2-7H,8H2,1H3. The van der Waals surface area contributed by atoms with Crippen LogP contribution >= 0.6 is 11.3 Å². The van der Waals surface area contributed by atoms with Gasteiger partial charge in [-0.25, -0.2) is 9.37 Å². The van der Waals surface area contributed by atoms with Crippen LogP contribution in [0.15, 0.2) is 36.0 Å². The molecule has 1 aromatic carbocycles. The Morgan fingerprint density at radius 2 is 2.35 bits per heavy atom. The van der Waals surface area contributed by atoms with Crippen LogP contribution in [0, 0.1) is 5.82 Å². The minimum Gasteiger partial charge on any atom is -0.487 e. The van der Waals surface area contributed by atoms with E-state index in [9.17, 15) is 9.18 Å². The van der Waals surface area contributed by atoms with E-state index >= 15 is 0 Å². The van der Waals surface area contributed by atoms with Gasteiger partial charge in [0, 0.05) is 23.8 Å². The average molecular weight is 290 g/mol. The first-order valence-electron chi connectivity index (χ1n) is 5.98. The maximum Gasteiger partial charge on any atom is 0.193 e. The number of nitrogens with zero attached hydrogens (tertiary/aromatic N) is 2. The third kappa shape index (κ3) is 2.42. The molecule has 102 valence electrons. The quantitative estimate of drug-likeness (QED) is 0.692. The van der Waals surface area contributed by atoms with Crippen molar-refractivity contribution in [3.63, 3.8) is 0 Å². The van der Waals surface area contributed by atoms with Crippen molar-refractivity contribution in [2.75, 3.05) is 0 Å². The molecular weight excluding hydrogens is 279 g/mol. The van der Waals surface area contributed by atoms with Crippen LogP contribution in [-0.4, -0.2) is 15.2 Å². The summed E-state index contributed by atoms with van der Waals surface area (Å²) in [5.41, 5.74) is 0.841. The second kappa shape index (κ2) is 5.05. The van der Waals surface area contributed by atoms with Gasteiger partial charge in [-0.3, -0.25) is 9.20 Å². The lowest BCUT2D eigenvalue weighted by molar-refractivity contribution is 0.101. The van der Waals surface area contributed by atoms with Crippen molar-refractivity contribution in [2.24, 2.45) is 0 Å². The van der Waals surface area contributed by atoms with Gasteiger partial charge in [0.15, 0.2) is 10.7 Å². The minimum absolute atomic E-state index is 0.0693. The lowest BCUT2D eigenvalue weighted by Crippen LogP contribution is -2.00. The largest absolute Gasteiger partial charge is 0.487 e. The fourth-order valence-corrected chi connectivity index (χ4v) is 2.59. The van der Waals surface area contributed by atoms with Crippen LogP contribution in [0.5, 0.6) is 5.75 Å². The monoisotopic (exact) mass is 290 g/mol. The molecule has 6 heteroatoms. The third-order valence-electron chi connectivity index (χ3n) is 2.85. The summed E-state index contributed by atoms with van der Waals surface area (Å²) in [6.07, 6.45) is 3.78. The molecule has 0 aliphatic rings. The number of carbonyl (C=O) groups is 1. The molecule has 0 saturated carbocycles. The lowest BCUT2D eigenvalue weighted by atomic mass is 10.1. The zero-order chi connectivity index (χ0) is 14.1. The van der Waals surface area contributed by atoms with Crippen LogP contribution in [0.25, 0.3) is 4.96 Å². The average Bonchev–Trinajstić information content (AvgIpc) is 2.96. The van der Waals surface area contributed by atoms with Gasteiger partial charge in [0.25, 0.3) is 0 Å². The number of rotatable bonds is 4. The number of ketones is 1. The summed E-state index contributed by atoms with van der Waals surface area (Å²) in [5.74, 6) is -0.493. The number of hydrogen-bond acceptors (Lipinski definition) is 4. The molecule has 4 nitrogen and oxygen atoms in total. The number of hydrogen-bond donors (Lipinski definition) is 0. The molecule has 3 rings (SSSR count). The van der Waals surface area contributed by atoms with E-state index in [2.05, 4.69) is 4.98 Å². The Morgan fingerprint density at radius 3 is 3.05 bits per heavy atom. The Kier molecular flexibility index (Phi) is 3.23. The molecule has 0 bridgehead atoms. The van der Waals surface area contributed by atoms with Crippen molar-refractivity contribution in [1.82, 2.24) is 9.38 Å². The first kappa shape index (κ1) is 12.8. The predicted molar refractivity (Wildman–Crippen MR) is 73.8 cm³/mol. The van der Waals surface area contributed by atoms with Gasteiger partial charge >= 0.3 is 0 Å². The van der Waals surface area contributed by atoms with E-state index in [1.807, 2.05) is 22.2 Å². The van der Waals surface area contributed by atoms with Gasteiger partial charge in [0.05, 0.1) is 11.3 Å². The summed E-state index contributed by atoms with van der Waals surface area (Å²) in [6, 6.07) is 4.23. The molecule has 0 radical (unpaired) electrons. The maximum atomic E-state index is 13.6. The summed E-state index contributed by atoms with van der Waals surface area (Å²) < 4.78 is 21.0. The molecule has 0 N–H and O–H groups in total. The zero-order valence-corrected chi connectivity index (χ0v) is 11.5. The second-order valence-corrected chi connectivity index (χ2v) is 5.18. The molecule has 0 unspecified atom stereocenters. The number of carbonyl (C=O) groups excluding carboxylic acids is 1. The molecule has 0 saturated heterocycles. The third-order valence-corrected chi connectivity index (χ3v) is 3.62. The SMILES string of the molecule is CC(=O)c1ccc(OCc2cn3ccsc3n2)cc1F. The number of fused-ring (bicyclic) bond motifs is 1. The van der Waals surface area contributed by atoms with Crippen molar-refractivity contribution in [3.8, 4) is 5.75 Å². The molecule has 0 aliphatic heterocycles. The van der Waals surface area contributed by atoms with Crippen LogP contribution in [0.3, 0.4) is 0 Å². The first-order valence-corrected chi connectivity index (χ1v) is 6.86. The van der Waals surface area contributed by atoms with Crippen LogP contribution in [0.4, 0.5) is 4.39 Å². The highest BCUT2D eigenvalue weighted by molar-refractivity contribution is 7.15. The van der Waals surface area contributed by atoms with Gasteiger partial charge in [-0.1, -0.05) is 0 Å². The van der Waals surface area contributed by atoms with Gasteiger partial charge in [0.1, 0.15) is 18.2 Å². The molecule has 3 aromatic rings. The number of thiazole rings is 1. The van der Waals surface area contributed by atoms with E-state index in [-0.39, 0.29) is 18.0 Å². The van der Waals surface area contributed by atoms with Crippen molar-refractivity contribution >= 4 is 22.1 Å². The van der Waals surface area contributed by atoms with E-state index < -0.39 is 5.82 Å². The number of Topliss-reactive ketones (excluding diaryl/α,β-unsaturated/α-hetero) is 1. The normalized spacial score (nSPS) is 10.9. The van der Waals surface area contributed by atoms with Crippen molar-refractivity contribution in [1.29, 1.82) is 0 Å². The minimum atomic E-state index is -0.569. The van der Waals surface area contributed by atoms with E-state index in [1.165, 1.54) is 30.4 Å². The molecule has 2 aromatic heterocycles. The number of benzene rings is 1. The van der Waals surface area contributed by atoms with Crippen LogP contribution in [-0.2, 0) is 6.61 Å². The van der Waals surface area contributed by atoms with Gasteiger partial charge in [0.2, 0.25) is 0 Å². The van der Waals surface area contributed by atoms with Gasteiger partial charge in [-0.15, -0.1) is 11.3 Å². The summed E-state index contributed by atoms with van der Waals surface area (Å²) in [7, 11) is 0. The smallest absolute Gasteiger partial charge is 0.193 e. The fourth-order valence-electron chi connectivity index (χ4n) is 1.87. The predicted octanol–water partition coefficient (Wildman–Crippen LogP) is 3.32. The second-order valence-electron chi connectivity index (χ2n) is 4.31. The molecule has 0 atom stereocenters. The highest BCUT2D eigenvalue weighted by Crippen LogP contribution is 2.19. The molecule has 2 heterocycles. The zero-order valence-electron chi connectivity index (χ0n) is 10.7. The Morgan fingerprint density at radius 1 is 1.50 bits per heavy atom. The van der Waals surface area contributed by atoms with Crippen molar-refractivity contribution in [3.05, 3.63) is 53.0 Å². The van der Waals surface area contributed by atoms with Crippen LogP contribution in [0.2, 0.25) is 0 Å². The van der Waals surface area contributed by atoms with E-state index in [4.69, 9.17) is 4.74 Å². The molecule has 0 amide bonds. The topological polar surface area (TPSA) is 43.6 Å². The van der Waals surface area contributed by atoms with Crippen LogP contribution in [0.1, 0.15) is 23.0 Å². The molecule has 0 fully saturated rings. The van der Waals surface area contributed by atoms with E-state index in [1.54, 1.807) is 6.07 Å². The lowest BCUT2D eigenvalue weighted by Gasteiger charge is -2.05. The van der Waals surface area contributed by atoms with Crippen LogP contribution < -0.4 is 4.74 Å². The van der Waals surface area contributed by atoms with E-state index in [0.717, 1.165) is 10.7 Å². The Labute approximate surface area is 118 Å². The Bertz CT molecular complexity index is 750. The summed E-state index contributed by atoms with van der Waals surface area (Å²) in [5, 5.41) is 1.95. The Balaban J connectivity index is 1.73. The molecule has 0 spiro atoms. The van der Waals surface area contributed by atoms with Gasteiger partial charge in [-0.05, 0) is 19.1 Å². The summed E-state index contributed by atoms with van der Waals surface area (Å²) in [4.78, 5) is 16.4. The van der Waals surface area contributed by atoms with Crippen molar-refractivity contribution in [2.45, 2.75) is 13.5 Å². The van der Waals surface area contributed by atoms with Gasteiger partial charge in [-0.2, -0.15) is 0 Å². The molecule has 20 heavy (non-hydrogen) atoms. The number of ether oxygens (including phenoxy) is 1. The first-order chi connectivity index (χ1) is 9.63. The number of halogens is 1. The number of aromatic nitrogens is 2. The van der Waals surface area contributed by atoms with E-state index in [0.29, 0.717) is 5.75 Å². The maximum absolute atomic E-state index is 13.6. The molecular formula is C14H11FN2O2S. The highest BCUT2D eigenvalue weighted by atomic mass is 32.1. The molecule has 0 aliphatic carbocycles. The summed E-state index contributed by atoms with van der Waals surface area (Å²) >= 11 is 1.54. The fraction of sp³-hybridized carbons (Fsp3) is 0.143. The van der Waals surface area contributed by atoms with Crippen molar-refractivity contribution < 1.29 is 13.9 Å².